The summed E-state index contributed by atoms with van der Waals surface area (Å²) in [7, 11) is 0. The smallest absolute Gasteiger partial charge is 0.295 e. The van der Waals surface area contributed by atoms with Crippen molar-refractivity contribution in [3.63, 3.8) is 0 Å². The van der Waals surface area contributed by atoms with Crippen molar-refractivity contribution in [3.05, 3.63) is 71.2 Å². The highest BCUT2D eigenvalue weighted by Gasteiger charge is 2.14. The Bertz CT molecular complexity index is 999. The van der Waals surface area contributed by atoms with Gasteiger partial charge in [-0.15, -0.1) is 0 Å². The number of aliphatic imine (C=N–C) groups is 1. The number of nitrogens with two attached hydrogens (primary N) is 2. The number of aryl methyl sites for hydroxylation is 2. The summed E-state index contributed by atoms with van der Waals surface area (Å²) in [6, 6.07) is 9.48. The third kappa shape index (κ3) is 3.42. The van der Waals surface area contributed by atoms with Gasteiger partial charge in [0.2, 0.25) is 0 Å². The Kier molecular flexibility index (Phi) is 4.35. The van der Waals surface area contributed by atoms with Gasteiger partial charge in [0.25, 0.3) is 5.91 Å². The van der Waals surface area contributed by atoms with Crippen molar-refractivity contribution in [2.45, 2.75) is 13.8 Å². The average Bonchev–Trinajstić information content (AvgIpc) is 2.92. The van der Waals surface area contributed by atoms with Crippen molar-refractivity contribution in [1.29, 1.82) is 0 Å². The molecule has 0 saturated carbocycles. The van der Waals surface area contributed by atoms with Crippen LogP contribution in [0.15, 0.2) is 53.8 Å². The standard InChI is InChI=1S/C19H19N5O/c1-11-3-4-16-14(9-11)12(2)18(23-16)19(25)24-17(21)10-15(20)13-5-7-22-8-6-13/h3-10,23H,20H2,1-2H3,(H2,21,24,25)/b15-10-. The number of H-pyrrole nitrogens is 1. The number of amidine groups is 1. The number of nitrogens with zero attached hydrogens (tertiary/aromatic N) is 2. The van der Waals surface area contributed by atoms with Gasteiger partial charge in [0.05, 0.1) is 0 Å². The summed E-state index contributed by atoms with van der Waals surface area (Å²) in [5, 5.41) is 1.00. The second-order valence-corrected chi connectivity index (χ2v) is 5.85. The fourth-order valence-corrected chi connectivity index (χ4v) is 2.65. The highest BCUT2D eigenvalue weighted by Crippen LogP contribution is 2.23. The van der Waals surface area contributed by atoms with Crippen LogP contribution in [0, 0.1) is 13.8 Å². The third-order valence-corrected chi connectivity index (χ3v) is 3.98. The van der Waals surface area contributed by atoms with Crippen LogP contribution in [0.25, 0.3) is 16.6 Å². The first kappa shape index (κ1) is 16.4. The molecular formula is C19H19N5O. The number of hydrogen-bond donors (Lipinski definition) is 3. The number of carbonyl (C=O) groups excluding carboxylic acids is 1. The van der Waals surface area contributed by atoms with E-state index in [-0.39, 0.29) is 5.84 Å². The molecule has 2 heterocycles. The number of nitrogens with one attached hydrogen (secondary N) is 1. The summed E-state index contributed by atoms with van der Waals surface area (Å²) < 4.78 is 0. The molecular weight excluding hydrogens is 314 g/mol. The fourth-order valence-electron chi connectivity index (χ4n) is 2.65. The van der Waals surface area contributed by atoms with Crippen LogP contribution in [-0.2, 0) is 0 Å². The van der Waals surface area contributed by atoms with Crippen molar-refractivity contribution in [2.24, 2.45) is 16.5 Å². The van der Waals surface area contributed by atoms with E-state index < -0.39 is 5.91 Å². The fraction of sp³-hybridized carbons (Fsp3) is 0.105. The van der Waals surface area contributed by atoms with Gasteiger partial charge in [0, 0.05) is 40.6 Å². The summed E-state index contributed by atoms with van der Waals surface area (Å²) in [5.41, 5.74) is 16.3. The summed E-state index contributed by atoms with van der Waals surface area (Å²) in [4.78, 5) is 23.5. The Morgan fingerprint density at radius 2 is 1.88 bits per heavy atom. The predicted molar refractivity (Wildman–Crippen MR) is 100 cm³/mol. The van der Waals surface area contributed by atoms with Gasteiger partial charge in [-0.05, 0) is 43.7 Å². The van der Waals surface area contributed by atoms with E-state index in [1.807, 2.05) is 32.0 Å². The first-order chi connectivity index (χ1) is 12.0. The van der Waals surface area contributed by atoms with E-state index in [0.29, 0.717) is 11.4 Å². The minimum atomic E-state index is -0.428. The van der Waals surface area contributed by atoms with Gasteiger partial charge in [0.1, 0.15) is 11.5 Å². The van der Waals surface area contributed by atoms with E-state index >= 15 is 0 Å². The van der Waals surface area contributed by atoms with Crippen molar-refractivity contribution in [2.75, 3.05) is 0 Å². The van der Waals surface area contributed by atoms with Crippen molar-refractivity contribution < 1.29 is 4.79 Å². The topological polar surface area (TPSA) is 110 Å². The molecule has 25 heavy (non-hydrogen) atoms. The Balaban J connectivity index is 1.91. The van der Waals surface area contributed by atoms with E-state index in [0.717, 1.165) is 27.6 Å². The largest absolute Gasteiger partial charge is 0.398 e. The zero-order valence-electron chi connectivity index (χ0n) is 14.1. The molecule has 1 aromatic carbocycles. The van der Waals surface area contributed by atoms with Crippen LogP contribution in [0.1, 0.15) is 27.2 Å². The van der Waals surface area contributed by atoms with Crippen LogP contribution < -0.4 is 11.5 Å². The predicted octanol–water partition coefficient (Wildman–Crippen LogP) is 2.68. The lowest BCUT2D eigenvalue weighted by molar-refractivity contribution is 0.0998. The van der Waals surface area contributed by atoms with Crippen molar-refractivity contribution in [1.82, 2.24) is 9.97 Å². The highest BCUT2D eigenvalue weighted by atomic mass is 16.1. The summed E-state index contributed by atoms with van der Waals surface area (Å²) in [6.07, 6.45) is 4.73. The minimum Gasteiger partial charge on any atom is -0.398 e. The van der Waals surface area contributed by atoms with Gasteiger partial charge in [-0.2, -0.15) is 4.99 Å². The number of aromatic nitrogens is 2. The maximum atomic E-state index is 12.5. The molecule has 0 spiro atoms. The molecule has 0 saturated heterocycles. The number of fused-ring (bicyclic) bond motifs is 1. The third-order valence-electron chi connectivity index (χ3n) is 3.98. The normalized spacial score (nSPS) is 12.6. The summed E-state index contributed by atoms with van der Waals surface area (Å²) >= 11 is 0. The van der Waals surface area contributed by atoms with Crippen LogP contribution in [0.4, 0.5) is 0 Å². The maximum absolute atomic E-state index is 12.5. The molecule has 3 aromatic rings. The van der Waals surface area contributed by atoms with Gasteiger partial charge in [-0.25, -0.2) is 0 Å². The Morgan fingerprint density at radius 1 is 1.16 bits per heavy atom. The molecule has 0 atom stereocenters. The van der Waals surface area contributed by atoms with Crippen LogP contribution in [0.3, 0.4) is 0 Å². The molecule has 0 aliphatic rings. The van der Waals surface area contributed by atoms with Gasteiger partial charge >= 0.3 is 0 Å². The number of carbonyl (C=O) groups is 1. The first-order valence-electron chi connectivity index (χ1n) is 7.80. The first-order valence-corrected chi connectivity index (χ1v) is 7.80. The molecule has 126 valence electrons. The Morgan fingerprint density at radius 3 is 2.60 bits per heavy atom. The van der Waals surface area contributed by atoms with Crippen LogP contribution >= 0.6 is 0 Å². The van der Waals surface area contributed by atoms with Gasteiger partial charge < -0.3 is 16.5 Å². The van der Waals surface area contributed by atoms with Crippen molar-refractivity contribution >= 4 is 28.3 Å². The monoisotopic (exact) mass is 333 g/mol. The van der Waals surface area contributed by atoms with E-state index in [2.05, 4.69) is 15.0 Å². The lowest BCUT2D eigenvalue weighted by Crippen LogP contribution is -2.14. The van der Waals surface area contributed by atoms with E-state index in [1.165, 1.54) is 6.08 Å². The van der Waals surface area contributed by atoms with Gasteiger partial charge in [-0.1, -0.05) is 11.6 Å². The molecule has 5 N–H and O–H groups in total. The molecule has 6 heteroatoms. The highest BCUT2D eigenvalue weighted by molar-refractivity contribution is 6.10. The molecule has 1 amide bonds. The summed E-state index contributed by atoms with van der Waals surface area (Å²) in [6.45, 7) is 3.90. The maximum Gasteiger partial charge on any atom is 0.295 e. The average molecular weight is 333 g/mol. The van der Waals surface area contributed by atoms with E-state index in [4.69, 9.17) is 11.5 Å². The Labute approximate surface area is 145 Å². The second-order valence-electron chi connectivity index (χ2n) is 5.85. The SMILES string of the molecule is Cc1ccc2[nH]c(C(=O)N=C(N)/C=C(\N)c3ccncc3)c(C)c2c1. The van der Waals surface area contributed by atoms with Crippen molar-refractivity contribution in [3.8, 4) is 0 Å². The quantitative estimate of drug-likeness (QED) is 0.505. The number of aromatic amines is 1. The molecule has 6 nitrogen and oxygen atoms in total. The van der Waals surface area contributed by atoms with Crippen LogP contribution in [0.2, 0.25) is 0 Å². The van der Waals surface area contributed by atoms with Crippen LogP contribution in [-0.4, -0.2) is 21.7 Å². The molecule has 0 aliphatic heterocycles. The molecule has 0 unspecified atom stereocenters. The minimum absolute atomic E-state index is 0.0496. The number of rotatable bonds is 3. The van der Waals surface area contributed by atoms with E-state index in [9.17, 15) is 4.79 Å². The molecule has 0 radical (unpaired) electrons. The summed E-state index contributed by atoms with van der Waals surface area (Å²) in [5.74, 6) is -0.379. The molecule has 3 rings (SSSR count). The van der Waals surface area contributed by atoms with Gasteiger partial charge in [-0.3, -0.25) is 9.78 Å². The Hall–Kier alpha value is -3.41. The lowest BCUT2D eigenvalue weighted by atomic mass is 10.1. The molecule has 2 aromatic heterocycles. The zero-order valence-corrected chi connectivity index (χ0v) is 14.1. The van der Waals surface area contributed by atoms with E-state index in [1.54, 1.807) is 24.5 Å². The second kappa shape index (κ2) is 6.60. The number of hydrogen-bond acceptors (Lipinski definition) is 3. The molecule has 0 bridgehead atoms. The number of amides is 1. The number of benzene rings is 1. The lowest BCUT2D eigenvalue weighted by Gasteiger charge is -2.01. The van der Waals surface area contributed by atoms with Crippen LogP contribution in [0.5, 0.6) is 0 Å². The molecule has 0 aliphatic carbocycles. The molecule has 0 fully saturated rings. The number of pyridine rings is 1. The van der Waals surface area contributed by atoms with Gasteiger partial charge in [0.15, 0.2) is 0 Å². The zero-order chi connectivity index (χ0) is 18.0.